The van der Waals surface area contributed by atoms with Crippen molar-refractivity contribution in [3.8, 4) is 5.75 Å². The van der Waals surface area contributed by atoms with Crippen LogP contribution in [0, 0.1) is 13.8 Å². The number of benzene rings is 1. The van der Waals surface area contributed by atoms with Crippen LogP contribution in [0.15, 0.2) is 12.1 Å². The number of carbonyl (C=O) groups is 1. The lowest BCUT2D eigenvalue weighted by atomic mass is 10.0. The number of nitrogens with one attached hydrogen (secondary N) is 1. The number of nitrogens with zero attached hydrogens (tertiary/aromatic N) is 1. The van der Waals surface area contributed by atoms with E-state index in [1.54, 1.807) is 12.0 Å². The Hall–Kier alpha value is -1.30. The maximum Gasteiger partial charge on any atom is 0.242 e. The first-order chi connectivity index (χ1) is 10.4. The zero-order chi connectivity index (χ0) is 16.3. The minimum atomic E-state index is -0.265. The standard InChI is InChI=1S/C17H26N2O3.ClH/c1-11-8-14(9-12(2)16(11)21-5)10-19(4)17(20)15-13(3)22-7-6-18-15;/h8-9,13,15,18H,6-7,10H2,1-5H3;1H/t13-,15+;/m1./s1. The number of halogens is 1. The van der Waals surface area contributed by atoms with Crippen LogP contribution in [-0.4, -0.2) is 50.3 Å². The lowest BCUT2D eigenvalue weighted by Crippen LogP contribution is -2.55. The minimum absolute atomic E-state index is 0. The lowest BCUT2D eigenvalue weighted by Gasteiger charge is -2.32. The molecule has 1 aliphatic rings. The number of rotatable bonds is 4. The smallest absolute Gasteiger partial charge is 0.242 e. The maximum absolute atomic E-state index is 12.6. The van der Waals surface area contributed by atoms with Crippen molar-refractivity contribution < 1.29 is 14.3 Å². The third-order valence-electron chi connectivity index (χ3n) is 4.10. The fraction of sp³-hybridized carbons (Fsp3) is 0.588. The highest BCUT2D eigenvalue weighted by atomic mass is 35.5. The van der Waals surface area contributed by atoms with Crippen LogP contribution < -0.4 is 10.1 Å². The molecule has 6 heteroatoms. The summed E-state index contributed by atoms with van der Waals surface area (Å²) in [5.74, 6) is 0.979. The zero-order valence-electron chi connectivity index (χ0n) is 14.5. The first kappa shape index (κ1) is 19.7. The number of hydrogen-bond donors (Lipinski definition) is 1. The molecule has 0 bridgehead atoms. The molecule has 1 N–H and O–H groups in total. The monoisotopic (exact) mass is 342 g/mol. The number of aryl methyl sites for hydroxylation is 2. The summed E-state index contributed by atoms with van der Waals surface area (Å²) in [6.45, 7) is 7.94. The Morgan fingerprint density at radius 1 is 1.39 bits per heavy atom. The molecule has 23 heavy (non-hydrogen) atoms. The van der Waals surface area contributed by atoms with Crippen molar-refractivity contribution in [2.75, 3.05) is 27.3 Å². The Morgan fingerprint density at radius 3 is 2.52 bits per heavy atom. The number of methoxy groups -OCH3 is 1. The lowest BCUT2D eigenvalue weighted by molar-refractivity contribution is -0.138. The van der Waals surface area contributed by atoms with E-state index in [0.717, 1.165) is 29.0 Å². The summed E-state index contributed by atoms with van der Waals surface area (Å²) in [7, 11) is 3.51. The SMILES string of the molecule is COc1c(C)cc(CN(C)C(=O)[C@H]2NCCO[C@@H]2C)cc1C.Cl. The first-order valence-electron chi connectivity index (χ1n) is 7.68. The quantitative estimate of drug-likeness (QED) is 0.910. The van der Waals surface area contributed by atoms with E-state index in [-0.39, 0.29) is 30.5 Å². The number of likely N-dealkylation sites (N-methyl/N-ethyl adjacent to an activating group) is 1. The van der Waals surface area contributed by atoms with Crippen LogP contribution in [0.1, 0.15) is 23.6 Å². The summed E-state index contributed by atoms with van der Waals surface area (Å²) >= 11 is 0. The highest BCUT2D eigenvalue weighted by molar-refractivity contribution is 5.85. The molecule has 1 heterocycles. The molecule has 1 amide bonds. The Kier molecular flexibility index (Phi) is 7.32. The van der Waals surface area contributed by atoms with E-state index in [2.05, 4.69) is 17.4 Å². The number of morpholine rings is 1. The van der Waals surface area contributed by atoms with E-state index < -0.39 is 0 Å². The molecule has 0 aromatic heterocycles. The van der Waals surface area contributed by atoms with E-state index in [1.165, 1.54) is 0 Å². The second-order valence-electron chi connectivity index (χ2n) is 5.96. The topological polar surface area (TPSA) is 50.8 Å². The van der Waals surface area contributed by atoms with Crippen LogP contribution in [0.5, 0.6) is 5.75 Å². The summed E-state index contributed by atoms with van der Waals surface area (Å²) in [5.41, 5.74) is 3.28. The predicted octanol–water partition coefficient (Wildman–Crippen LogP) is 2.07. The number of ether oxygens (including phenoxy) is 2. The van der Waals surface area contributed by atoms with Gasteiger partial charge >= 0.3 is 0 Å². The molecular formula is C17H27ClN2O3. The molecule has 1 fully saturated rings. The molecule has 0 spiro atoms. The molecule has 1 aromatic rings. The molecule has 0 saturated carbocycles. The Bertz CT molecular complexity index is 528. The van der Waals surface area contributed by atoms with Gasteiger partial charge in [0.05, 0.1) is 19.8 Å². The third-order valence-corrected chi connectivity index (χ3v) is 4.10. The van der Waals surface area contributed by atoms with Crippen LogP contribution in [0.25, 0.3) is 0 Å². The van der Waals surface area contributed by atoms with Gasteiger partial charge in [-0.15, -0.1) is 12.4 Å². The van der Waals surface area contributed by atoms with Gasteiger partial charge in [0.15, 0.2) is 0 Å². The molecule has 2 atom stereocenters. The van der Waals surface area contributed by atoms with Gasteiger partial charge in [-0.25, -0.2) is 0 Å². The highest BCUT2D eigenvalue weighted by Crippen LogP contribution is 2.25. The maximum atomic E-state index is 12.6. The molecule has 130 valence electrons. The molecule has 1 aromatic carbocycles. The second kappa shape index (κ2) is 8.52. The van der Waals surface area contributed by atoms with Crippen molar-refractivity contribution in [2.45, 2.75) is 39.5 Å². The normalized spacial score (nSPS) is 20.6. The number of carbonyl (C=O) groups excluding carboxylic acids is 1. The van der Waals surface area contributed by atoms with Crippen LogP contribution in [-0.2, 0) is 16.1 Å². The number of hydrogen-bond acceptors (Lipinski definition) is 4. The third kappa shape index (κ3) is 4.59. The fourth-order valence-corrected chi connectivity index (χ4v) is 3.05. The molecule has 0 unspecified atom stereocenters. The van der Waals surface area contributed by atoms with Crippen LogP contribution in [0.2, 0.25) is 0 Å². The minimum Gasteiger partial charge on any atom is -0.496 e. The predicted molar refractivity (Wildman–Crippen MR) is 93.4 cm³/mol. The Morgan fingerprint density at radius 2 is 2.00 bits per heavy atom. The van der Waals surface area contributed by atoms with E-state index >= 15 is 0 Å². The Balaban J connectivity index is 0.00000264. The largest absolute Gasteiger partial charge is 0.496 e. The van der Waals surface area contributed by atoms with E-state index in [0.29, 0.717) is 13.2 Å². The van der Waals surface area contributed by atoms with Gasteiger partial charge in [-0.3, -0.25) is 4.79 Å². The van der Waals surface area contributed by atoms with Gasteiger partial charge in [-0.2, -0.15) is 0 Å². The zero-order valence-corrected chi connectivity index (χ0v) is 15.3. The van der Waals surface area contributed by atoms with Crippen molar-refractivity contribution in [1.29, 1.82) is 0 Å². The average molecular weight is 343 g/mol. The van der Waals surface area contributed by atoms with Crippen molar-refractivity contribution in [2.24, 2.45) is 0 Å². The molecule has 2 rings (SSSR count). The van der Waals surface area contributed by atoms with Crippen molar-refractivity contribution >= 4 is 18.3 Å². The molecule has 5 nitrogen and oxygen atoms in total. The summed E-state index contributed by atoms with van der Waals surface area (Å²) in [4.78, 5) is 14.3. The Labute approximate surface area is 144 Å². The second-order valence-corrected chi connectivity index (χ2v) is 5.96. The summed E-state index contributed by atoms with van der Waals surface area (Å²) in [5, 5.41) is 3.24. The van der Waals surface area contributed by atoms with Gasteiger partial charge in [-0.1, -0.05) is 12.1 Å². The molecule has 1 aliphatic heterocycles. The van der Waals surface area contributed by atoms with Crippen molar-refractivity contribution in [3.05, 3.63) is 28.8 Å². The highest BCUT2D eigenvalue weighted by Gasteiger charge is 2.30. The summed E-state index contributed by atoms with van der Waals surface area (Å²) in [6.07, 6.45) is -0.0944. The molecule has 0 aliphatic carbocycles. The van der Waals surface area contributed by atoms with Gasteiger partial charge in [0, 0.05) is 20.1 Å². The fourth-order valence-electron chi connectivity index (χ4n) is 3.05. The molecule has 1 saturated heterocycles. The summed E-state index contributed by atoms with van der Waals surface area (Å²) in [6, 6.07) is 3.88. The van der Waals surface area contributed by atoms with E-state index in [1.807, 2.05) is 27.8 Å². The van der Waals surface area contributed by atoms with Gasteiger partial charge in [0.25, 0.3) is 0 Å². The van der Waals surface area contributed by atoms with Crippen LogP contribution in [0.4, 0.5) is 0 Å². The molecule has 0 radical (unpaired) electrons. The van der Waals surface area contributed by atoms with Gasteiger partial charge in [0.1, 0.15) is 11.8 Å². The average Bonchev–Trinajstić information content (AvgIpc) is 2.46. The van der Waals surface area contributed by atoms with E-state index in [9.17, 15) is 4.79 Å². The van der Waals surface area contributed by atoms with Gasteiger partial charge in [0.2, 0.25) is 5.91 Å². The van der Waals surface area contributed by atoms with Gasteiger partial charge < -0.3 is 19.7 Å². The van der Waals surface area contributed by atoms with Crippen molar-refractivity contribution in [3.63, 3.8) is 0 Å². The number of amides is 1. The molecular weight excluding hydrogens is 316 g/mol. The first-order valence-corrected chi connectivity index (χ1v) is 7.68. The van der Waals surface area contributed by atoms with Crippen LogP contribution >= 0.6 is 12.4 Å². The van der Waals surface area contributed by atoms with Gasteiger partial charge in [-0.05, 0) is 37.5 Å². The van der Waals surface area contributed by atoms with Crippen molar-refractivity contribution in [1.82, 2.24) is 10.2 Å². The summed E-state index contributed by atoms with van der Waals surface area (Å²) < 4.78 is 10.9. The van der Waals surface area contributed by atoms with E-state index in [4.69, 9.17) is 9.47 Å². The van der Waals surface area contributed by atoms with Crippen LogP contribution in [0.3, 0.4) is 0 Å².